The Balaban J connectivity index is 1.51. The van der Waals surface area contributed by atoms with Gasteiger partial charge in [0.1, 0.15) is 0 Å². The van der Waals surface area contributed by atoms with E-state index in [0.717, 1.165) is 21.6 Å². The van der Waals surface area contributed by atoms with Gasteiger partial charge < -0.3 is 9.32 Å². The average Bonchev–Trinajstić information content (AvgIpc) is 3.40. The number of aromatic nitrogens is 2. The van der Waals surface area contributed by atoms with Crippen LogP contribution < -0.4 is 0 Å². The van der Waals surface area contributed by atoms with Crippen molar-refractivity contribution < 1.29 is 9.21 Å². The number of thiophene rings is 1. The van der Waals surface area contributed by atoms with Gasteiger partial charge in [0.2, 0.25) is 11.8 Å². The molecule has 0 aliphatic rings. The van der Waals surface area contributed by atoms with Crippen LogP contribution in [-0.4, -0.2) is 28.1 Å². The van der Waals surface area contributed by atoms with Gasteiger partial charge in [-0.3, -0.25) is 4.79 Å². The van der Waals surface area contributed by atoms with Crippen molar-refractivity contribution >= 4 is 17.2 Å². The highest BCUT2D eigenvalue weighted by Gasteiger charge is 2.15. The fourth-order valence-corrected chi connectivity index (χ4v) is 3.70. The van der Waals surface area contributed by atoms with Gasteiger partial charge >= 0.3 is 0 Å². The van der Waals surface area contributed by atoms with Gasteiger partial charge in [-0.15, -0.1) is 21.5 Å². The van der Waals surface area contributed by atoms with Gasteiger partial charge in [0, 0.05) is 28.6 Å². The second-order valence-corrected chi connectivity index (χ2v) is 7.58. The molecule has 0 radical (unpaired) electrons. The number of hydrogen-bond acceptors (Lipinski definition) is 5. The zero-order valence-corrected chi connectivity index (χ0v) is 16.4. The molecule has 6 heteroatoms. The largest absolute Gasteiger partial charge is 0.416 e. The second kappa shape index (κ2) is 7.78. The maximum absolute atomic E-state index is 12.6. The summed E-state index contributed by atoms with van der Waals surface area (Å²) in [7, 11) is 1.81. The van der Waals surface area contributed by atoms with Crippen molar-refractivity contribution in [1.82, 2.24) is 15.1 Å². The number of benzene rings is 2. The van der Waals surface area contributed by atoms with Crippen LogP contribution in [-0.2, 0) is 6.54 Å². The first-order chi connectivity index (χ1) is 13.6. The molecule has 2 heterocycles. The summed E-state index contributed by atoms with van der Waals surface area (Å²) in [5.41, 5.74) is 3.40. The van der Waals surface area contributed by atoms with Crippen LogP contribution in [0.15, 0.2) is 70.5 Å². The highest BCUT2D eigenvalue weighted by molar-refractivity contribution is 7.09. The van der Waals surface area contributed by atoms with Crippen LogP contribution in [0.25, 0.3) is 22.9 Å². The molecule has 0 aliphatic heterocycles. The topological polar surface area (TPSA) is 59.2 Å². The molecular formula is C22H19N3O2S. The first-order valence-electron chi connectivity index (χ1n) is 8.89. The third kappa shape index (κ3) is 3.73. The zero-order chi connectivity index (χ0) is 19.5. The molecule has 0 aliphatic carbocycles. The van der Waals surface area contributed by atoms with E-state index in [1.807, 2.05) is 67.9 Å². The van der Waals surface area contributed by atoms with E-state index in [9.17, 15) is 4.79 Å². The lowest BCUT2D eigenvalue weighted by Gasteiger charge is -2.16. The molecule has 0 unspecified atom stereocenters. The van der Waals surface area contributed by atoms with Gasteiger partial charge in [0.15, 0.2) is 0 Å². The van der Waals surface area contributed by atoms with Gasteiger partial charge in [-0.25, -0.2) is 0 Å². The molecule has 28 heavy (non-hydrogen) atoms. The second-order valence-electron chi connectivity index (χ2n) is 6.55. The van der Waals surface area contributed by atoms with Crippen molar-refractivity contribution in [1.29, 1.82) is 0 Å². The van der Waals surface area contributed by atoms with Crippen molar-refractivity contribution in [2.75, 3.05) is 7.05 Å². The van der Waals surface area contributed by atoms with Crippen molar-refractivity contribution in [3.63, 3.8) is 0 Å². The van der Waals surface area contributed by atoms with Gasteiger partial charge in [0.05, 0.1) is 6.54 Å². The molecule has 4 rings (SSSR count). The van der Waals surface area contributed by atoms with Crippen LogP contribution in [0, 0.1) is 6.92 Å². The first kappa shape index (κ1) is 18.1. The Morgan fingerprint density at radius 3 is 2.46 bits per heavy atom. The molecule has 2 aromatic carbocycles. The third-order valence-electron chi connectivity index (χ3n) is 4.50. The number of carbonyl (C=O) groups excluding carboxylic acids is 1. The van der Waals surface area contributed by atoms with E-state index in [-0.39, 0.29) is 5.91 Å². The van der Waals surface area contributed by atoms with Crippen molar-refractivity contribution in [2.24, 2.45) is 0 Å². The lowest BCUT2D eigenvalue weighted by Crippen LogP contribution is -2.25. The molecule has 0 saturated heterocycles. The van der Waals surface area contributed by atoms with Crippen LogP contribution in [0.3, 0.4) is 0 Å². The predicted octanol–water partition coefficient (Wildman–Crippen LogP) is 5.05. The summed E-state index contributed by atoms with van der Waals surface area (Å²) in [5.74, 6) is 0.902. The van der Waals surface area contributed by atoms with Gasteiger partial charge in [-0.1, -0.05) is 24.3 Å². The number of rotatable bonds is 5. The van der Waals surface area contributed by atoms with Gasteiger partial charge in [-0.2, -0.15) is 0 Å². The molecule has 4 aromatic rings. The molecule has 0 atom stereocenters. The maximum atomic E-state index is 12.6. The highest BCUT2D eigenvalue weighted by atomic mass is 32.1. The first-order valence-corrected chi connectivity index (χ1v) is 9.77. The minimum atomic E-state index is -0.0221. The standard InChI is InChI=1S/C22H19N3O2S/c1-15-6-3-4-8-19(15)21-24-23-20(27-21)16-9-11-17(12-10-16)22(26)25(2)14-18-7-5-13-28-18/h3-13H,14H2,1-2H3. The Morgan fingerprint density at radius 1 is 1.00 bits per heavy atom. The molecule has 0 N–H and O–H groups in total. The normalized spacial score (nSPS) is 10.8. The van der Waals surface area contributed by atoms with Crippen molar-refractivity contribution in [3.8, 4) is 22.9 Å². The minimum absolute atomic E-state index is 0.0221. The van der Waals surface area contributed by atoms with Gasteiger partial charge in [0.25, 0.3) is 5.91 Å². The molecule has 0 bridgehead atoms. The van der Waals surface area contributed by atoms with Crippen LogP contribution in [0.1, 0.15) is 20.8 Å². The van der Waals surface area contributed by atoms with Crippen LogP contribution in [0.4, 0.5) is 0 Å². The Labute approximate surface area is 167 Å². The summed E-state index contributed by atoms with van der Waals surface area (Å²) in [6, 6.07) is 19.1. The smallest absolute Gasteiger partial charge is 0.253 e. The number of hydrogen-bond donors (Lipinski definition) is 0. The molecule has 1 amide bonds. The number of nitrogens with zero attached hydrogens (tertiary/aromatic N) is 3. The summed E-state index contributed by atoms with van der Waals surface area (Å²) in [6.07, 6.45) is 0. The van der Waals surface area contributed by atoms with Crippen LogP contribution in [0.5, 0.6) is 0 Å². The lowest BCUT2D eigenvalue weighted by molar-refractivity contribution is 0.0786. The van der Waals surface area contributed by atoms with E-state index in [0.29, 0.717) is 23.9 Å². The zero-order valence-electron chi connectivity index (χ0n) is 15.6. The predicted molar refractivity (Wildman–Crippen MR) is 110 cm³/mol. The number of aryl methyl sites for hydroxylation is 1. The van der Waals surface area contributed by atoms with Crippen LogP contribution in [0.2, 0.25) is 0 Å². The fourth-order valence-electron chi connectivity index (χ4n) is 2.95. The molecular weight excluding hydrogens is 370 g/mol. The van der Waals surface area contributed by atoms with E-state index in [2.05, 4.69) is 10.2 Å². The maximum Gasteiger partial charge on any atom is 0.253 e. The molecule has 2 aromatic heterocycles. The Hall–Kier alpha value is -3.25. The number of carbonyl (C=O) groups is 1. The quantitative estimate of drug-likeness (QED) is 0.479. The van der Waals surface area contributed by atoms with Crippen molar-refractivity contribution in [2.45, 2.75) is 13.5 Å². The molecule has 0 spiro atoms. The molecule has 0 saturated carbocycles. The summed E-state index contributed by atoms with van der Waals surface area (Å²) in [5, 5.41) is 10.3. The van der Waals surface area contributed by atoms with Crippen molar-refractivity contribution in [3.05, 3.63) is 82.0 Å². The third-order valence-corrected chi connectivity index (χ3v) is 5.36. The Morgan fingerprint density at radius 2 is 1.75 bits per heavy atom. The van der Waals surface area contributed by atoms with E-state index >= 15 is 0 Å². The lowest BCUT2D eigenvalue weighted by atomic mass is 10.1. The summed E-state index contributed by atoms with van der Waals surface area (Å²) in [6.45, 7) is 2.61. The number of amides is 1. The van der Waals surface area contributed by atoms with E-state index in [4.69, 9.17) is 4.42 Å². The highest BCUT2D eigenvalue weighted by Crippen LogP contribution is 2.26. The van der Waals surface area contributed by atoms with E-state index in [1.165, 1.54) is 0 Å². The molecule has 140 valence electrons. The minimum Gasteiger partial charge on any atom is -0.416 e. The van der Waals surface area contributed by atoms with E-state index < -0.39 is 0 Å². The Kier molecular flexibility index (Phi) is 5.04. The van der Waals surface area contributed by atoms with Crippen LogP contribution >= 0.6 is 11.3 Å². The molecule has 0 fully saturated rings. The fraction of sp³-hybridized carbons (Fsp3) is 0.136. The summed E-state index contributed by atoms with van der Waals surface area (Å²) in [4.78, 5) is 15.5. The SMILES string of the molecule is Cc1ccccc1-c1nnc(-c2ccc(C(=O)N(C)Cc3cccs3)cc2)o1. The monoisotopic (exact) mass is 389 g/mol. The summed E-state index contributed by atoms with van der Waals surface area (Å²) >= 11 is 1.64. The average molecular weight is 389 g/mol. The van der Waals surface area contributed by atoms with Gasteiger partial charge in [-0.05, 0) is 54.3 Å². The molecule has 5 nitrogen and oxygen atoms in total. The Bertz CT molecular complexity index is 1090. The summed E-state index contributed by atoms with van der Waals surface area (Å²) < 4.78 is 5.84. The van der Waals surface area contributed by atoms with E-state index in [1.54, 1.807) is 28.4 Å².